The smallest absolute Gasteiger partial charge is 0.161 e. The second kappa shape index (κ2) is 5.59. The standard InChI is InChI=1S/C14H22N2O2/c1-16-8-4-5-11(15)14(16)10-6-7-12(17-2)13(9-10)18-3/h6-7,9,11,14H,4-5,8,15H2,1-3H3. The Morgan fingerprint density at radius 1 is 1.22 bits per heavy atom. The van der Waals surface area contributed by atoms with Crippen LogP contribution < -0.4 is 15.2 Å². The van der Waals surface area contributed by atoms with Gasteiger partial charge < -0.3 is 15.2 Å². The van der Waals surface area contributed by atoms with Gasteiger partial charge in [-0.05, 0) is 44.1 Å². The fourth-order valence-corrected chi connectivity index (χ4v) is 2.74. The molecule has 1 fully saturated rings. The Bertz CT molecular complexity index is 399. The predicted molar refractivity (Wildman–Crippen MR) is 72.1 cm³/mol. The molecule has 100 valence electrons. The first-order valence-electron chi connectivity index (χ1n) is 6.35. The zero-order valence-corrected chi connectivity index (χ0v) is 11.3. The highest BCUT2D eigenvalue weighted by Crippen LogP contribution is 2.34. The maximum atomic E-state index is 6.25. The Labute approximate surface area is 109 Å². The van der Waals surface area contributed by atoms with Gasteiger partial charge in [-0.25, -0.2) is 0 Å². The summed E-state index contributed by atoms with van der Waals surface area (Å²) < 4.78 is 10.6. The molecule has 0 radical (unpaired) electrons. The van der Waals surface area contributed by atoms with E-state index in [-0.39, 0.29) is 12.1 Å². The summed E-state index contributed by atoms with van der Waals surface area (Å²) in [5.41, 5.74) is 7.45. The van der Waals surface area contributed by atoms with Gasteiger partial charge in [0.25, 0.3) is 0 Å². The average Bonchev–Trinajstić information content (AvgIpc) is 2.38. The molecular formula is C14H22N2O2. The van der Waals surface area contributed by atoms with Gasteiger partial charge in [-0.1, -0.05) is 6.07 Å². The van der Waals surface area contributed by atoms with E-state index < -0.39 is 0 Å². The highest BCUT2D eigenvalue weighted by atomic mass is 16.5. The van der Waals surface area contributed by atoms with Gasteiger partial charge in [0.2, 0.25) is 0 Å². The highest BCUT2D eigenvalue weighted by Gasteiger charge is 2.28. The Balaban J connectivity index is 2.32. The predicted octanol–water partition coefficient (Wildman–Crippen LogP) is 1.80. The van der Waals surface area contributed by atoms with Crippen LogP contribution in [0.3, 0.4) is 0 Å². The van der Waals surface area contributed by atoms with E-state index in [1.807, 2.05) is 12.1 Å². The largest absolute Gasteiger partial charge is 0.493 e. The lowest BCUT2D eigenvalue weighted by molar-refractivity contribution is 0.162. The molecule has 0 aromatic heterocycles. The van der Waals surface area contributed by atoms with Crippen molar-refractivity contribution in [3.8, 4) is 11.5 Å². The fraction of sp³-hybridized carbons (Fsp3) is 0.571. The van der Waals surface area contributed by atoms with Crippen LogP contribution in [0.25, 0.3) is 0 Å². The minimum Gasteiger partial charge on any atom is -0.493 e. The first-order valence-corrected chi connectivity index (χ1v) is 6.35. The van der Waals surface area contributed by atoms with Crippen molar-refractivity contribution in [3.05, 3.63) is 23.8 Å². The third kappa shape index (κ3) is 2.44. The van der Waals surface area contributed by atoms with Gasteiger partial charge in [0, 0.05) is 12.1 Å². The van der Waals surface area contributed by atoms with E-state index in [2.05, 4.69) is 18.0 Å². The summed E-state index contributed by atoms with van der Waals surface area (Å²) in [5, 5.41) is 0. The summed E-state index contributed by atoms with van der Waals surface area (Å²) >= 11 is 0. The van der Waals surface area contributed by atoms with Crippen LogP contribution in [-0.2, 0) is 0 Å². The fourth-order valence-electron chi connectivity index (χ4n) is 2.74. The van der Waals surface area contributed by atoms with E-state index in [1.54, 1.807) is 14.2 Å². The van der Waals surface area contributed by atoms with Crippen LogP contribution in [0.15, 0.2) is 18.2 Å². The Hall–Kier alpha value is -1.26. The van der Waals surface area contributed by atoms with Gasteiger partial charge in [0.1, 0.15) is 0 Å². The molecule has 0 bridgehead atoms. The summed E-state index contributed by atoms with van der Waals surface area (Å²) in [4.78, 5) is 2.31. The van der Waals surface area contributed by atoms with Crippen molar-refractivity contribution in [3.63, 3.8) is 0 Å². The molecule has 0 saturated carbocycles. The molecule has 2 rings (SSSR count). The lowest BCUT2D eigenvalue weighted by Gasteiger charge is -2.37. The van der Waals surface area contributed by atoms with Crippen molar-refractivity contribution in [2.45, 2.75) is 24.9 Å². The second-order valence-corrected chi connectivity index (χ2v) is 4.85. The van der Waals surface area contributed by atoms with Crippen LogP contribution >= 0.6 is 0 Å². The molecule has 0 aliphatic carbocycles. The van der Waals surface area contributed by atoms with Crippen molar-refractivity contribution in [1.29, 1.82) is 0 Å². The molecule has 0 spiro atoms. The molecule has 1 aromatic rings. The summed E-state index contributed by atoms with van der Waals surface area (Å²) in [5.74, 6) is 1.52. The molecule has 1 heterocycles. The topological polar surface area (TPSA) is 47.7 Å². The Morgan fingerprint density at radius 3 is 2.56 bits per heavy atom. The SMILES string of the molecule is COc1ccc(C2C(N)CCCN2C)cc1OC. The third-order valence-corrected chi connectivity index (χ3v) is 3.68. The molecular weight excluding hydrogens is 228 g/mol. The summed E-state index contributed by atoms with van der Waals surface area (Å²) in [7, 11) is 5.43. The number of hydrogen-bond acceptors (Lipinski definition) is 4. The molecule has 1 aliphatic rings. The quantitative estimate of drug-likeness (QED) is 0.888. The Kier molecular flexibility index (Phi) is 4.09. The van der Waals surface area contributed by atoms with E-state index in [1.165, 1.54) is 12.0 Å². The van der Waals surface area contributed by atoms with E-state index >= 15 is 0 Å². The van der Waals surface area contributed by atoms with Crippen LogP contribution in [0.1, 0.15) is 24.4 Å². The summed E-state index contributed by atoms with van der Waals surface area (Å²) in [6.07, 6.45) is 2.24. The van der Waals surface area contributed by atoms with Crippen LogP contribution in [-0.4, -0.2) is 38.8 Å². The normalized spacial score (nSPS) is 24.9. The minimum atomic E-state index is 0.182. The molecule has 4 nitrogen and oxygen atoms in total. The molecule has 2 atom stereocenters. The number of rotatable bonds is 3. The third-order valence-electron chi connectivity index (χ3n) is 3.68. The van der Waals surface area contributed by atoms with Crippen molar-refractivity contribution in [2.24, 2.45) is 5.73 Å². The molecule has 1 saturated heterocycles. The first-order chi connectivity index (χ1) is 8.67. The lowest BCUT2D eigenvalue weighted by atomic mass is 9.91. The van der Waals surface area contributed by atoms with Gasteiger partial charge >= 0.3 is 0 Å². The number of nitrogens with two attached hydrogens (primary N) is 1. The number of hydrogen-bond donors (Lipinski definition) is 1. The summed E-state index contributed by atoms with van der Waals surface area (Å²) in [6.45, 7) is 1.09. The van der Waals surface area contributed by atoms with Gasteiger partial charge in [-0.2, -0.15) is 0 Å². The average molecular weight is 250 g/mol. The van der Waals surface area contributed by atoms with Gasteiger partial charge in [0.15, 0.2) is 11.5 Å². The number of benzene rings is 1. The van der Waals surface area contributed by atoms with E-state index in [9.17, 15) is 0 Å². The number of likely N-dealkylation sites (tertiary alicyclic amines) is 1. The van der Waals surface area contributed by atoms with Crippen LogP contribution in [0.5, 0.6) is 11.5 Å². The van der Waals surface area contributed by atoms with Crippen LogP contribution in [0, 0.1) is 0 Å². The highest BCUT2D eigenvalue weighted by molar-refractivity contribution is 5.44. The maximum Gasteiger partial charge on any atom is 0.161 e. The first kappa shape index (κ1) is 13.2. The number of nitrogens with zero attached hydrogens (tertiary/aromatic N) is 1. The van der Waals surface area contributed by atoms with Gasteiger partial charge in [0.05, 0.1) is 14.2 Å². The molecule has 1 aliphatic heterocycles. The zero-order valence-electron chi connectivity index (χ0n) is 11.3. The van der Waals surface area contributed by atoms with Gasteiger partial charge in [-0.3, -0.25) is 4.90 Å². The molecule has 1 aromatic carbocycles. The van der Waals surface area contributed by atoms with E-state index in [0.29, 0.717) is 0 Å². The number of likely N-dealkylation sites (N-methyl/N-ethyl adjacent to an activating group) is 1. The molecule has 2 N–H and O–H groups in total. The summed E-state index contributed by atoms with van der Waals surface area (Å²) in [6, 6.07) is 6.50. The second-order valence-electron chi connectivity index (χ2n) is 4.85. The van der Waals surface area contributed by atoms with Crippen molar-refractivity contribution < 1.29 is 9.47 Å². The number of piperidine rings is 1. The van der Waals surface area contributed by atoms with Crippen molar-refractivity contribution in [2.75, 3.05) is 27.8 Å². The lowest BCUT2D eigenvalue weighted by Crippen LogP contribution is -2.43. The minimum absolute atomic E-state index is 0.182. The van der Waals surface area contributed by atoms with Crippen molar-refractivity contribution in [1.82, 2.24) is 4.90 Å². The maximum absolute atomic E-state index is 6.25. The molecule has 2 unspecified atom stereocenters. The van der Waals surface area contributed by atoms with E-state index in [0.717, 1.165) is 24.5 Å². The number of methoxy groups -OCH3 is 2. The molecule has 4 heteroatoms. The zero-order chi connectivity index (χ0) is 13.1. The van der Waals surface area contributed by atoms with E-state index in [4.69, 9.17) is 15.2 Å². The molecule has 0 amide bonds. The monoisotopic (exact) mass is 250 g/mol. The van der Waals surface area contributed by atoms with Crippen LogP contribution in [0.4, 0.5) is 0 Å². The van der Waals surface area contributed by atoms with Gasteiger partial charge in [-0.15, -0.1) is 0 Å². The number of ether oxygens (including phenoxy) is 2. The molecule has 18 heavy (non-hydrogen) atoms. The van der Waals surface area contributed by atoms with Crippen molar-refractivity contribution >= 4 is 0 Å². The van der Waals surface area contributed by atoms with Crippen LogP contribution in [0.2, 0.25) is 0 Å². The Morgan fingerprint density at radius 2 is 1.94 bits per heavy atom.